The second-order valence-corrected chi connectivity index (χ2v) is 8.93. The molecule has 2 saturated heterocycles. The van der Waals surface area contributed by atoms with E-state index in [1.165, 1.54) is 6.07 Å². The maximum absolute atomic E-state index is 14.9. The Hall–Kier alpha value is -3.46. The van der Waals surface area contributed by atoms with Crippen LogP contribution in [0, 0.1) is 17.7 Å². The molecule has 184 valence electrons. The minimum atomic E-state index is -1.46. The molecule has 0 saturated carbocycles. The summed E-state index contributed by atoms with van der Waals surface area (Å²) < 4.78 is 31.5. The van der Waals surface area contributed by atoms with Crippen LogP contribution in [0.1, 0.15) is 38.3 Å². The molecule has 0 aliphatic carbocycles. The zero-order valence-corrected chi connectivity index (χ0v) is 19.6. The number of hydrogen-bond donors (Lipinski definition) is 1. The first-order chi connectivity index (χ1) is 16.9. The summed E-state index contributed by atoms with van der Waals surface area (Å²) in [7, 11) is 0. The highest BCUT2D eigenvalue weighted by Crippen LogP contribution is 2.52. The van der Waals surface area contributed by atoms with Crippen LogP contribution in [0.15, 0.2) is 42.5 Å². The average molecular weight is 483 g/mol. The number of carbonyl (C=O) groups excluding carboxylic acids is 3. The molecule has 3 aliphatic heterocycles. The van der Waals surface area contributed by atoms with Crippen molar-refractivity contribution in [2.45, 2.75) is 38.3 Å². The summed E-state index contributed by atoms with van der Waals surface area (Å²) in [6.45, 7) is 4.44. The van der Waals surface area contributed by atoms with Gasteiger partial charge in [-0.2, -0.15) is 0 Å². The van der Waals surface area contributed by atoms with Gasteiger partial charge in [0.2, 0.25) is 11.8 Å². The topological polar surface area (TPSA) is 94.2 Å². The summed E-state index contributed by atoms with van der Waals surface area (Å²) in [5, 5.41) is 3.20. The summed E-state index contributed by atoms with van der Waals surface area (Å²) in [5.41, 5.74) is -0.910. The van der Waals surface area contributed by atoms with Gasteiger partial charge < -0.3 is 14.2 Å². The molecule has 0 spiro atoms. The fourth-order valence-corrected chi connectivity index (χ4v) is 5.60. The van der Waals surface area contributed by atoms with E-state index in [4.69, 9.17) is 14.2 Å². The smallest absolute Gasteiger partial charge is 0.327 e. The zero-order chi connectivity index (χ0) is 24.7. The van der Waals surface area contributed by atoms with E-state index in [1.54, 1.807) is 43.3 Å². The maximum Gasteiger partial charge on any atom is 0.327 e. The van der Waals surface area contributed by atoms with E-state index in [0.29, 0.717) is 36.8 Å². The Morgan fingerprint density at radius 2 is 1.86 bits per heavy atom. The molecular formula is C26H27FN2O6. The molecule has 4 atom stereocenters. The number of esters is 1. The van der Waals surface area contributed by atoms with E-state index in [2.05, 4.69) is 5.32 Å². The van der Waals surface area contributed by atoms with Crippen LogP contribution in [-0.2, 0) is 19.1 Å². The van der Waals surface area contributed by atoms with Crippen molar-refractivity contribution >= 4 is 23.5 Å². The number of hydrogen-bond acceptors (Lipinski definition) is 7. The molecule has 2 fully saturated rings. The van der Waals surface area contributed by atoms with Crippen LogP contribution >= 0.6 is 0 Å². The van der Waals surface area contributed by atoms with Crippen molar-refractivity contribution in [1.82, 2.24) is 5.32 Å². The van der Waals surface area contributed by atoms with Crippen molar-refractivity contribution in [2.24, 2.45) is 11.8 Å². The molecule has 5 rings (SSSR count). The molecule has 1 N–H and O–H groups in total. The Balaban J connectivity index is 1.63. The molecule has 8 nitrogen and oxygen atoms in total. The number of imide groups is 1. The first-order valence-electron chi connectivity index (χ1n) is 11.9. The standard InChI is InChI=1S/C26H27FN2O6/c1-3-11-26(25(32)33-4-2)21-20(22(28-26)16-7-5-6-8-17(16)27)23(30)29(24(21)31)15-9-10-18-19(14-15)35-13-12-34-18/h5-10,14,20-22,28H,3-4,11-13H2,1-2H3/t20-,21-,22-,26-/m0/s1. The third-order valence-corrected chi connectivity index (χ3v) is 6.96. The summed E-state index contributed by atoms with van der Waals surface area (Å²) in [6, 6.07) is 10.1. The van der Waals surface area contributed by atoms with Crippen molar-refractivity contribution < 1.29 is 33.0 Å². The highest BCUT2D eigenvalue weighted by Gasteiger charge is 2.68. The second-order valence-electron chi connectivity index (χ2n) is 8.93. The molecule has 2 aromatic carbocycles. The Kier molecular flexibility index (Phi) is 5.96. The Bertz CT molecular complexity index is 1190. The van der Waals surface area contributed by atoms with Gasteiger partial charge in [-0.3, -0.25) is 19.7 Å². The van der Waals surface area contributed by atoms with Crippen LogP contribution < -0.4 is 19.7 Å². The van der Waals surface area contributed by atoms with Crippen LogP contribution in [0.5, 0.6) is 11.5 Å². The molecule has 0 radical (unpaired) electrons. The predicted molar refractivity (Wildman–Crippen MR) is 123 cm³/mol. The molecular weight excluding hydrogens is 455 g/mol. The van der Waals surface area contributed by atoms with Crippen LogP contribution in [0.2, 0.25) is 0 Å². The summed E-state index contributed by atoms with van der Waals surface area (Å²) >= 11 is 0. The van der Waals surface area contributed by atoms with Crippen LogP contribution in [0.4, 0.5) is 10.1 Å². The van der Waals surface area contributed by atoms with Crippen molar-refractivity contribution in [1.29, 1.82) is 0 Å². The predicted octanol–water partition coefficient (Wildman–Crippen LogP) is 3.15. The van der Waals surface area contributed by atoms with E-state index < -0.39 is 47.0 Å². The minimum absolute atomic E-state index is 0.113. The van der Waals surface area contributed by atoms with Gasteiger partial charge in [0.1, 0.15) is 24.6 Å². The zero-order valence-electron chi connectivity index (χ0n) is 19.6. The molecule has 2 aromatic rings. The van der Waals surface area contributed by atoms with E-state index in [-0.39, 0.29) is 18.6 Å². The van der Waals surface area contributed by atoms with E-state index >= 15 is 0 Å². The van der Waals surface area contributed by atoms with Gasteiger partial charge >= 0.3 is 5.97 Å². The minimum Gasteiger partial charge on any atom is -0.486 e. The van der Waals surface area contributed by atoms with Gasteiger partial charge in [-0.1, -0.05) is 31.5 Å². The lowest BCUT2D eigenvalue weighted by molar-refractivity contribution is -0.155. The van der Waals surface area contributed by atoms with Crippen molar-refractivity contribution in [3.63, 3.8) is 0 Å². The quantitative estimate of drug-likeness (QED) is 0.499. The SMILES string of the molecule is CCC[C@]1(C(=O)OCC)N[C@@H](c2ccccc2F)[C@H]2C(=O)N(c3ccc4c(c3)OCCO4)C(=O)[C@H]21. The number of nitrogens with zero attached hydrogens (tertiary/aromatic N) is 1. The molecule has 2 amide bonds. The Morgan fingerprint density at radius 3 is 2.57 bits per heavy atom. The first-order valence-corrected chi connectivity index (χ1v) is 11.9. The maximum atomic E-state index is 14.9. The second kappa shape index (κ2) is 8.96. The number of amides is 2. The monoisotopic (exact) mass is 482 g/mol. The summed E-state index contributed by atoms with van der Waals surface area (Å²) in [5.74, 6) is -3.23. The number of carbonyl (C=O) groups is 3. The fraction of sp³-hybridized carbons (Fsp3) is 0.423. The number of halogens is 1. The lowest BCUT2D eigenvalue weighted by Gasteiger charge is -2.32. The molecule has 35 heavy (non-hydrogen) atoms. The molecule has 0 aromatic heterocycles. The van der Waals surface area contributed by atoms with Crippen LogP contribution in [0.25, 0.3) is 0 Å². The molecule has 0 unspecified atom stereocenters. The van der Waals surface area contributed by atoms with Gasteiger partial charge in [0.05, 0.1) is 24.1 Å². The highest BCUT2D eigenvalue weighted by atomic mass is 19.1. The van der Waals surface area contributed by atoms with Crippen molar-refractivity contribution in [2.75, 3.05) is 24.7 Å². The lowest BCUT2D eigenvalue weighted by Crippen LogP contribution is -2.56. The molecule has 3 heterocycles. The van der Waals surface area contributed by atoms with Gasteiger partial charge in [0.15, 0.2) is 11.5 Å². The number of anilines is 1. The average Bonchev–Trinajstić information content (AvgIpc) is 3.33. The Labute approximate surface area is 202 Å². The fourth-order valence-electron chi connectivity index (χ4n) is 5.60. The Morgan fingerprint density at radius 1 is 1.11 bits per heavy atom. The first kappa shape index (κ1) is 23.3. The lowest BCUT2D eigenvalue weighted by atomic mass is 9.77. The van der Waals surface area contributed by atoms with Gasteiger partial charge in [-0.15, -0.1) is 0 Å². The summed E-state index contributed by atoms with van der Waals surface area (Å²) in [6.07, 6.45) is 0.802. The van der Waals surface area contributed by atoms with E-state index in [9.17, 15) is 18.8 Å². The van der Waals surface area contributed by atoms with Crippen LogP contribution in [0.3, 0.4) is 0 Å². The number of fused-ring (bicyclic) bond motifs is 2. The normalized spacial score (nSPS) is 27.2. The van der Waals surface area contributed by atoms with Gasteiger partial charge in [0, 0.05) is 17.7 Å². The van der Waals surface area contributed by atoms with E-state index in [0.717, 1.165) is 4.90 Å². The molecule has 0 bridgehead atoms. The third-order valence-electron chi connectivity index (χ3n) is 6.96. The van der Waals surface area contributed by atoms with Crippen LogP contribution in [-0.4, -0.2) is 43.1 Å². The van der Waals surface area contributed by atoms with Crippen molar-refractivity contribution in [3.05, 3.63) is 53.8 Å². The number of ether oxygens (including phenoxy) is 3. The van der Waals surface area contributed by atoms with Gasteiger partial charge in [0.25, 0.3) is 0 Å². The van der Waals surface area contributed by atoms with Gasteiger partial charge in [-0.05, 0) is 31.5 Å². The number of benzene rings is 2. The summed E-state index contributed by atoms with van der Waals surface area (Å²) in [4.78, 5) is 42.2. The number of nitrogens with one attached hydrogen (secondary N) is 1. The van der Waals surface area contributed by atoms with E-state index in [1.807, 2.05) is 6.92 Å². The molecule has 9 heteroatoms. The van der Waals surface area contributed by atoms with Crippen molar-refractivity contribution in [3.8, 4) is 11.5 Å². The number of rotatable bonds is 6. The largest absolute Gasteiger partial charge is 0.486 e. The third kappa shape index (κ3) is 3.56. The van der Waals surface area contributed by atoms with Gasteiger partial charge in [-0.25, -0.2) is 9.29 Å². The highest BCUT2D eigenvalue weighted by molar-refractivity contribution is 6.24. The molecule has 3 aliphatic rings.